The summed E-state index contributed by atoms with van der Waals surface area (Å²) < 4.78 is 5.74. The molecule has 0 bridgehead atoms. The van der Waals surface area contributed by atoms with Crippen molar-refractivity contribution in [3.63, 3.8) is 0 Å². The van der Waals surface area contributed by atoms with E-state index in [0.29, 0.717) is 5.92 Å². The van der Waals surface area contributed by atoms with Crippen molar-refractivity contribution in [1.29, 1.82) is 0 Å². The fourth-order valence-electron chi connectivity index (χ4n) is 1.74. The van der Waals surface area contributed by atoms with E-state index in [1.54, 1.807) is 0 Å². The Kier molecular flexibility index (Phi) is 5.02. The number of nitrogens with two attached hydrogens (primary N) is 1. The van der Waals surface area contributed by atoms with Gasteiger partial charge in [0.15, 0.2) is 0 Å². The molecule has 2 rings (SSSR count). The van der Waals surface area contributed by atoms with Gasteiger partial charge in [0.2, 0.25) is 0 Å². The largest absolute Gasteiger partial charge is 0.457 e. The van der Waals surface area contributed by atoms with Gasteiger partial charge in [-0.25, -0.2) is 0 Å². The van der Waals surface area contributed by atoms with Crippen LogP contribution in [0.2, 0.25) is 0 Å². The predicted octanol–water partition coefficient (Wildman–Crippen LogP) is 3.87. The average molecular weight is 270 g/mol. The summed E-state index contributed by atoms with van der Waals surface area (Å²) in [6, 6.07) is 17.8. The zero-order valence-electron chi connectivity index (χ0n) is 12.0. The van der Waals surface area contributed by atoms with Crippen molar-refractivity contribution in [2.24, 2.45) is 11.7 Å². The lowest BCUT2D eigenvalue weighted by atomic mass is 10.1. The number of hydrogen-bond donors (Lipinski definition) is 2. The number of anilines is 1. The number of para-hydroxylation sites is 1. The molecule has 2 aromatic rings. The Morgan fingerprint density at radius 3 is 2.15 bits per heavy atom. The zero-order chi connectivity index (χ0) is 14.4. The summed E-state index contributed by atoms with van der Waals surface area (Å²) >= 11 is 0. The minimum Gasteiger partial charge on any atom is -0.457 e. The fourth-order valence-corrected chi connectivity index (χ4v) is 1.74. The summed E-state index contributed by atoms with van der Waals surface area (Å²) in [4.78, 5) is 0. The van der Waals surface area contributed by atoms with E-state index in [9.17, 15) is 0 Å². The maximum absolute atomic E-state index is 6.01. The van der Waals surface area contributed by atoms with Gasteiger partial charge in [-0.3, -0.25) is 0 Å². The van der Waals surface area contributed by atoms with Gasteiger partial charge >= 0.3 is 0 Å². The Bertz CT molecular complexity index is 508. The van der Waals surface area contributed by atoms with Crippen molar-refractivity contribution in [2.75, 3.05) is 11.9 Å². The van der Waals surface area contributed by atoms with Crippen molar-refractivity contribution < 1.29 is 4.74 Å². The van der Waals surface area contributed by atoms with Crippen LogP contribution in [0.1, 0.15) is 13.8 Å². The quantitative estimate of drug-likeness (QED) is 0.837. The molecule has 0 heterocycles. The fraction of sp³-hybridized carbons (Fsp3) is 0.294. The second-order valence-corrected chi connectivity index (χ2v) is 5.23. The molecule has 20 heavy (non-hydrogen) atoms. The lowest BCUT2D eigenvalue weighted by molar-refractivity contribution is 0.482. The Morgan fingerprint density at radius 2 is 1.55 bits per heavy atom. The van der Waals surface area contributed by atoms with E-state index in [-0.39, 0.29) is 6.04 Å². The minimum atomic E-state index is 0.162. The van der Waals surface area contributed by atoms with E-state index >= 15 is 0 Å². The van der Waals surface area contributed by atoms with Gasteiger partial charge in [0.05, 0.1) is 0 Å². The van der Waals surface area contributed by atoms with Crippen molar-refractivity contribution in [3.05, 3.63) is 54.6 Å². The Balaban J connectivity index is 1.90. The molecule has 106 valence electrons. The van der Waals surface area contributed by atoms with Crippen LogP contribution in [0.5, 0.6) is 11.5 Å². The van der Waals surface area contributed by atoms with E-state index in [4.69, 9.17) is 10.5 Å². The first-order valence-electron chi connectivity index (χ1n) is 6.97. The van der Waals surface area contributed by atoms with Gasteiger partial charge < -0.3 is 15.8 Å². The number of nitrogens with one attached hydrogen (secondary N) is 1. The van der Waals surface area contributed by atoms with Gasteiger partial charge in [-0.1, -0.05) is 32.0 Å². The summed E-state index contributed by atoms with van der Waals surface area (Å²) in [5.74, 6) is 2.15. The molecule has 1 atom stereocenters. The highest BCUT2D eigenvalue weighted by Gasteiger charge is 2.06. The first kappa shape index (κ1) is 14.4. The molecule has 0 radical (unpaired) electrons. The van der Waals surface area contributed by atoms with E-state index in [2.05, 4.69) is 19.2 Å². The summed E-state index contributed by atoms with van der Waals surface area (Å²) in [6.07, 6.45) is 0. The molecule has 0 amide bonds. The van der Waals surface area contributed by atoms with Gasteiger partial charge in [0.1, 0.15) is 11.5 Å². The molecule has 0 fully saturated rings. The van der Waals surface area contributed by atoms with Crippen LogP contribution in [0.25, 0.3) is 0 Å². The summed E-state index contributed by atoms with van der Waals surface area (Å²) in [7, 11) is 0. The highest BCUT2D eigenvalue weighted by molar-refractivity contribution is 5.47. The number of rotatable bonds is 6. The Hall–Kier alpha value is -2.00. The van der Waals surface area contributed by atoms with Crippen LogP contribution < -0.4 is 15.8 Å². The molecule has 2 aromatic carbocycles. The molecule has 3 nitrogen and oxygen atoms in total. The molecule has 3 N–H and O–H groups in total. The van der Waals surface area contributed by atoms with Crippen LogP contribution in [0, 0.1) is 5.92 Å². The van der Waals surface area contributed by atoms with E-state index in [1.807, 2.05) is 54.6 Å². The molecular weight excluding hydrogens is 248 g/mol. The molecular formula is C17H22N2O. The average Bonchev–Trinajstić information content (AvgIpc) is 2.47. The molecule has 0 aliphatic heterocycles. The number of benzene rings is 2. The summed E-state index contributed by atoms with van der Waals surface area (Å²) in [6.45, 7) is 5.03. The van der Waals surface area contributed by atoms with E-state index in [0.717, 1.165) is 23.7 Å². The van der Waals surface area contributed by atoms with E-state index < -0.39 is 0 Å². The molecule has 3 heteroatoms. The highest BCUT2D eigenvalue weighted by atomic mass is 16.5. The van der Waals surface area contributed by atoms with Gasteiger partial charge in [-0.15, -0.1) is 0 Å². The van der Waals surface area contributed by atoms with Crippen molar-refractivity contribution in [3.8, 4) is 11.5 Å². The third kappa shape index (κ3) is 4.28. The van der Waals surface area contributed by atoms with Crippen molar-refractivity contribution in [2.45, 2.75) is 19.9 Å². The monoisotopic (exact) mass is 270 g/mol. The number of hydrogen-bond acceptors (Lipinski definition) is 3. The van der Waals surface area contributed by atoms with Crippen LogP contribution >= 0.6 is 0 Å². The van der Waals surface area contributed by atoms with Crippen molar-refractivity contribution in [1.82, 2.24) is 0 Å². The molecule has 0 saturated carbocycles. The van der Waals surface area contributed by atoms with Crippen LogP contribution in [0.3, 0.4) is 0 Å². The number of ether oxygens (including phenoxy) is 1. The standard InChI is InChI=1S/C17H22N2O/c1-13(2)17(18)12-19-14-8-10-16(11-9-14)20-15-6-4-3-5-7-15/h3-11,13,17,19H,12,18H2,1-2H3. The maximum Gasteiger partial charge on any atom is 0.127 e. The lowest BCUT2D eigenvalue weighted by Crippen LogP contribution is -2.33. The van der Waals surface area contributed by atoms with Crippen LogP contribution in [-0.4, -0.2) is 12.6 Å². The predicted molar refractivity (Wildman–Crippen MR) is 84.3 cm³/mol. The normalized spacial score (nSPS) is 12.2. The Labute approximate surface area is 120 Å². The molecule has 1 unspecified atom stereocenters. The third-order valence-electron chi connectivity index (χ3n) is 3.23. The molecule has 0 aliphatic carbocycles. The summed E-state index contributed by atoms with van der Waals surface area (Å²) in [5.41, 5.74) is 7.07. The topological polar surface area (TPSA) is 47.3 Å². The lowest BCUT2D eigenvalue weighted by Gasteiger charge is -2.17. The SMILES string of the molecule is CC(C)C(N)CNc1ccc(Oc2ccccc2)cc1. The van der Waals surface area contributed by atoms with Gasteiger partial charge in [-0.05, 0) is 42.3 Å². The first-order valence-corrected chi connectivity index (χ1v) is 6.97. The third-order valence-corrected chi connectivity index (χ3v) is 3.23. The first-order chi connectivity index (χ1) is 9.65. The van der Waals surface area contributed by atoms with Crippen LogP contribution in [-0.2, 0) is 0 Å². The zero-order valence-corrected chi connectivity index (χ0v) is 12.0. The van der Waals surface area contributed by atoms with Gasteiger partial charge in [0.25, 0.3) is 0 Å². The summed E-state index contributed by atoms with van der Waals surface area (Å²) in [5, 5.41) is 3.34. The van der Waals surface area contributed by atoms with E-state index in [1.165, 1.54) is 0 Å². The second kappa shape index (κ2) is 6.96. The van der Waals surface area contributed by atoms with Crippen LogP contribution in [0.4, 0.5) is 5.69 Å². The molecule has 0 saturated heterocycles. The smallest absolute Gasteiger partial charge is 0.127 e. The second-order valence-electron chi connectivity index (χ2n) is 5.23. The highest BCUT2D eigenvalue weighted by Crippen LogP contribution is 2.22. The van der Waals surface area contributed by atoms with Crippen molar-refractivity contribution >= 4 is 5.69 Å². The molecule has 0 aromatic heterocycles. The van der Waals surface area contributed by atoms with Gasteiger partial charge in [0, 0.05) is 18.3 Å². The molecule has 0 spiro atoms. The Morgan fingerprint density at radius 1 is 0.950 bits per heavy atom. The molecule has 0 aliphatic rings. The van der Waals surface area contributed by atoms with Gasteiger partial charge in [-0.2, -0.15) is 0 Å². The minimum absolute atomic E-state index is 0.162. The van der Waals surface area contributed by atoms with Crippen LogP contribution in [0.15, 0.2) is 54.6 Å². The maximum atomic E-state index is 6.01.